The zero-order valence-electron chi connectivity index (χ0n) is 16.8. The van der Waals surface area contributed by atoms with Gasteiger partial charge in [0, 0.05) is 17.5 Å². The Balaban J connectivity index is 1.19. The van der Waals surface area contributed by atoms with E-state index in [0.29, 0.717) is 5.56 Å². The van der Waals surface area contributed by atoms with Gasteiger partial charge in [0.1, 0.15) is 0 Å². The van der Waals surface area contributed by atoms with E-state index < -0.39 is 29.4 Å². The van der Waals surface area contributed by atoms with Gasteiger partial charge in [0.25, 0.3) is 0 Å². The lowest BCUT2D eigenvalue weighted by Crippen LogP contribution is -2.30. The van der Waals surface area contributed by atoms with Crippen molar-refractivity contribution in [2.75, 3.05) is 13.2 Å². The first-order valence-electron chi connectivity index (χ1n) is 9.65. The van der Waals surface area contributed by atoms with E-state index >= 15 is 0 Å². The van der Waals surface area contributed by atoms with Crippen LogP contribution >= 0.6 is 0 Å². The average molecular weight is 446 g/mol. The van der Waals surface area contributed by atoms with Crippen molar-refractivity contribution < 1.29 is 32.2 Å². The summed E-state index contributed by atoms with van der Waals surface area (Å²) in [5.74, 6) is -1.21. The zero-order chi connectivity index (χ0) is 23.0. The first kappa shape index (κ1) is 21.6. The molecular weight excluding hydrogens is 429 g/mol. The van der Waals surface area contributed by atoms with Crippen LogP contribution in [0.4, 0.5) is 13.2 Å². The van der Waals surface area contributed by atoms with Crippen LogP contribution in [-0.4, -0.2) is 31.3 Å². The highest BCUT2D eigenvalue weighted by molar-refractivity contribution is 5.90. The molecule has 0 saturated carbocycles. The number of ether oxygens (including phenoxy) is 2. The largest absolute Gasteiger partial charge is 0.462 e. The molecule has 0 fully saturated rings. The lowest BCUT2D eigenvalue weighted by molar-refractivity contribution is -0.166. The molecule has 0 N–H and O–H groups in total. The lowest BCUT2D eigenvalue weighted by Gasteiger charge is -2.14. The number of halogens is 3. The van der Waals surface area contributed by atoms with E-state index in [1.807, 2.05) is 6.92 Å². The second kappa shape index (κ2) is 7.81. The second-order valence-corrected chi connectivity index (χ2v) is 7.37. The van der Waals surface area contributed by atoms with Gasteiger partial charge >= 0.3 is 23.8 Å². The number of hydrogen-bond donors (Lipinski definition) is 0. The van der Waals surface area contributed by atoms with Gasteiger partial charge in [0.15, 0.2) is 0 Å². The van der Waals surface area contributed by atoms with Crippen molar-refractivity contribution >= 4 is 11.9 Å². The van der Waals surface area contributed by atoms with Crippen molar-refractivity contribution in [3.63, 3.8) is 0 Å². The van der Waals surface area contributed by atoms with E-state index in [9.17, 15) is 22.8 Å². The third-order valence-corrected chi connectivity index (χ3v) is 5.04. The number of esters is 2. The van der Waals surface area contributed by atoms with Crippen LogP contribution < -0.4 is 0 Å². The van der Waals surface area contributed by atoms with Crippen molar-refractivity contribution in [2.45, 2.75) is 30.8 Å². The summed E-state index contributed by atoms with van der Waals surface area (Å²) >= 11 is 0. The van der Waals surface area contributed by atoms with Crippen LogP contribution in [-0.2, 0) is 20.8 Å². The van der Waals surface area contributed by atoms with Crippen molar-refractivity contribution in [1.82, 2.24) is 0 Å². The molecule has 11 heteroatoms. The number of rotatable bonds is 8. The molecule has 2 aliphatic rings. The molecule has 0 spiro atoms. The summed E-state index contributed by atoms with van der Waals surface area (Å²) in [6.45, 7) is 1.87. The van der Waals surface area contributed by atoms with Crippen molar-refractivity contribution in [3.05, 3.63) is 70.8 Å². The van der Waals surface area contributed by atoms with E-state index in [-0.39, 0.29) is 30.8 Å². The number of alkyl halides is 3. The molecule has 0 unspecified atom stereocenters. The van der Waals surface area contributed by atoms with Crippen LogP contribution in [0.25, 0.3) is 0 Å². The number of carbonyl (C=O) groups excluding carboxylic acids is 2. The Kier molecular flexibility index (Phi) is 5.27. The number of carbonyl (C=O) groups is 2. The smallest absolute Gasteiger partial charge is 0.442 e. The van der Waals surface area contributed by atoms with Crippen molar-refractivity contribution in [2.24, 2.45) is 20.5 Å². The van der Waals surface area contributed by atoms with E-state index in [2.05, 4.69) is 20.5 Å². The molecule has 166 valence electrons. The SMILES string of the molecule is CC1(c2ccc(C(=O)OCCCOC(=O)c3ccc(C4(C(F)(F)F)N=N4)cc3)cc2)N=N1. The van der Waals surface area contributed by atoms with Crippen LogP contribution in [0, 0.1) is 0 Å². The molecule has 0 bridgehead atoms. The van der Waals surface area contributed by atoms with Gasteiger partial charge in [-0.2, -0.15) is 23.4 Å². The first-order chi connectivity index (χ1) is 15.1. The fourth-order valence-electron chi connectivity index (χ4n) is 2.95. The summed E-state index contributed by atoms with van der Waals surface area (Å²) in [5, 5.41) is 14.1. The van der Waals surface area contributed by atoms with Crippen LogP contribution in [0.15, 0.2) is 69.0 Å². The van der Waals surface area contributed by atoms with Gasteiger partial charge in [-0.1, -0.05) is 24.3 Å². The third kappa shape index (κ3) is 4.23. The Morgan fingerprint density at radius 2 is 1.22 bits per heavy atom. The van der Waals surface area contributed by atoms with E-state index in [1.54, 1.807) is 24.3 Å². The van der Waals surface area contributed by atoms with Gasteiger partial charge in [-0.3, -0.25) is 0 Å². The monoisotopic (exact) mass is 446 g/mol. The van der Waals surface area contributed by atoms with Gasteiger partial charge < -0.3 is 9.47 Å². The fraction of sp³-hybridized carbons (Fsp3) is 0.333. The maximum Gasteiger partial charge on any atom is 0.442 e. The third-order valence-electron chi connectivity index (χ3n) is 5.04. The minimum Gasteiger partial charge on any atom is -0.462 e. The highest BCUT2D eigenvalue weighted by Gasteiger charge is 2.65. The molecule has 0 aromatic heterocycles. The summed E-state index contributed by atoms with van der Waals surface area (Å²) < 4.78 is 49.2. The van der Waals surface area contributed by atoms with Crippen LogP contribution in [0.5, 0.6) is 0 Å². The normalized spacial score (nSPS) is 17.0. The molecule has 32 heavy (non-hydrogen) atoms. The summed E-state index contributed by atoms with van der Waals surface area (Å²) in [7, 11) is 0. The lowest BCUT2D eigenvalue weighted by atomic mass is 10.0. The maximum atomic E-state index is 13.0. The number of benzene rings is 2. The molecule has 0 amide bonds. The molecule has 4 rings (SSSR count). The minimum atomic E-state index is -4.63. The van der Waals surface area contributed by atoms with Crippen LogP contribution in [0.2, 0.25) is 0 Å². The van der Waals surface area contributed by atoms with Gasteiger partial charge in [0.05, 0.1) is 24.3 Å². The molecule has 0 saturated heterocycles. The fourth-order valence-corrected chi connectivity index (χ4v) is 2.95. The standard InChI is InChI=1S/C21H17F3N4O4/c1-19(25-26-19)15-7-3-13(4-8-15)17(29)31-11-2-12-32-18(30)14-5-9-16(10-6-14)20(27-28-20)21(22,23)24/h3-10H,2,11-12H2,1H3. The first-order valence-corrected chi connectivity index (χ1v) is 9.65. The molecule has 0 radical (unpaired) electrons. The summed E-state index contributed by atoms with van der Waals surface area (Å²) in [6.07, 6.45) is -4.37. The Bertz CT molecular complexity index is 1080. The number of hydrogen-bond acceptors (Lipinski definition) is 8. The summed E-state index contributed by atoms with van der Waals surface area (Å²) in [5.41, 5.74) is -1.87. The molecule has 2 heterocycles. The molecule has 0 aliphatic carbocycles. The summed E-state index contributed by atoms with van der Waals surface area (Å²) in [4.78, 5) is 24.1. The highest BCUT2D eigenvalue weighted by Crippen LogP contribution is 2.52. The van der Waals surface area contributed by atoms with Gasteiger partial charge in [-0.15, -0.1) is 10.2 Å². The molecule has 8 nitrogen and oxygen atoms in total. The molecule has 2 aromatic rings. The van der Waals surface area contributed by atoms with Gasteiger partial charge in [-0.05, 0) is 31.2 Å². The highest BCUT2D eigenvalue weighted by atomic mass is 19.4. The molecule has 2 aromatic carbocycles. The predicted octanol–water partition coefficient (Wildman–Crippen LogP) is 4.91. The van der Waals surface area contributed by atoms with Gasteiger partial charge in [0.2, 0.25) is 5.66 Å². The molecule has 2 aliphatic heterocycles. The Morgan fingerprint density at radius 1 is 0.781 bits per heavy atom. The van der Waals surface area contributed by atoms with Crippen molar-refractivity contribution in [1.29, 1.82) is 0 Å². The van der Waals surface area contributed by atoms with E-state index in [4.69, 9.17) is 9.47 Å². The number of nitrogens with zero attached hydrogens (tertiary/aromatic N) is 4. The molecule has 0 atom stereocenters. The van der Waals surface area contributed by atoms with Crippen molar-refractivity contribution in [3.8, 4) is 0 Å². The van der Waals surface area contributed by atoms with Crippen LogP contribution in [0.1, 0.15) is 45.2 Å². The summed E-state index contributed by atoms with van der Waals surface area (Å²) in [6, 6.07) is 11.5. The second-order valence-electron chi connectivity index (χ2n) is 7.37. The van der Waals surface area contributed by atoms with Crippen LogP contribution in [0.3, 0.4) is 0 Å². The minimum absolute atomic E-state index is 0.0225. The Labute approximate surface area is 180 Å². The van der Waals surface area contributed by atoms with E-state index in [0.717, 1.165) is 17.7 Å². The average Bonchev–Trinajstić information content (AvgIpc) is 3.69. The quantitative estimate of drug-likeness (QED) is 0.425. The topological polar surface area (TPSA) is 102 Å². The zero-order valence-corrected chi connectivity index (χ0v) is 16.8. The molecular formula is C21H17F3N4O4. The van der Waals surface area contributed by atoms with Gasteiger partial charge in [-0.25, -0.2) is 9.59 Å². The predicted molar refractivity (Wildman–Crippen MR) is 103 cm³/mol. The Morgan fingerprint density at radius 3 is 1.59 bits per heavy atom. The maximum absolute atomic E-state index is 13.0. The van der Waals surface area contributed by atoms with E-state index in [1.165, 1.54) is 12.1 Å². The Hall–Kier alpha value is -3.63.